The van der Waals surface area contributed by atoms with E-state index in [0.717, 1.165) is 4.47 Å². The Hall–Kier alpha value is -1.34. The summed E-state index contributed by atoms with van der Waals surface area (Å²) < 4.78 is 2.44. The van der Waals surface area contributed by atoms with Gasteiger partial charge in [-0.05, 0) is 32.0 Å². The predicted molar refractivity (Wildman–Crippen MR) is 88.8 cm³/mol. The van der Waals surface area contributed by atoms with Crippen LogP contribution in [0.5, 0.6) is 0 Å². The second kappa shape index (κ2) is 7.09. The Balaban J connectivity index is 2.41. The molecule has 1 amide bonds. The molecule has 0 unspecified atom stereocenters. The Labute approximate surface area is 135 Å². The van der Waals surface area contributed by atoms with E-state index in [4.69, 9.17) is 0 Å². The molecule has 7 heteroatoms. The first-order chi connectivity index (χ1) is 10.1. The van der Waals surface area contributed by atoms with Gasteiger partial charge in [-0.2, -0.15) is 0 Å². The maximum absolute atomic E-state index is 12.5. The van der Waals surface area contributed by atoms with E-state index in [9.17, 15) is 9.59 Å². The van der Waals surface area contributed by atoms with Crippen molar-refractivity contribution in [3.8, 4) is 0 Å². The average molecular weight is 370 g/mol. The van der Waals surface area contributed by atoms with Gasteiger partial charge in [-0.3, -0.25) is 14.2 Å². The van der Waals surface area contributed by atoms with Crippen LogP contribution in [0.25, 0.3) is 10.9 Å². The SMILES string of the molecule is CCNC(=O)CSc1nc2ccc(Br)cc2c(=O)n1CC. The lowest BCUT2D eigenvalue weighted by atomic mass is 10.2. The number of rotatable bonds is 5. The zero-order chi connectivity index (χ0) is 15.4. The Bertz CT molecular complexity index is 730. The number of benzene rings is 1. The lowest BCUT2D eigenvalue weighted by molar-refractivity contribution is -0.118. The summed E-state index contributed by atoms with van der Waals surface area (Å²) in [4.78, 5) is 28.6. The number of fused-ring (bicyclic) bond motifs is 1. The maximum Gasteiger partial charge on any atom is 0.262 e. The van der Waals surface area contributed by atoms with Gasteiger partial charge in [0, 0.05) is 17.6 Å². The number of aromatic nitrogens is 2. The van der Waals surface area contributed by atoms with Gasteiger partial charge in [-0.1, -0.05) is 27.7 Å². The third kappa shape index (κ3) is 3.65. The Kier molecular flexibility index (Phi) is 5.41. The van der Waals surface area contributed by atoms with Crippen molar-refractivity contribution in [2.24, 2.45) is 0 Å². The van der Waals surface area contributed by atoms with Gasteiger partial charge >= 0.3 is 0 Å². The number of hydrogen-bond donors (Lipinski definition) is 1. The van der Waals surface area contributed by atoms with E-state index >= 15 is 0 Å². The average Bonchev–Trinajstić information content (AvgIpc) is 2.46. The number of hydrogen-bond acceptors (Lipinski definition) is 4. The highest BCUT2D eigenvalue weighted by Gasteiger charge is 2.12. The molecule has 21 heavy (non-hydrogen) atoms. The number of carbonyl (C=O) groups excluding carboxylic acids is 1. The summed E-state index contributed by atoms with van der Waals surface area (Å²) in [6.07, 6.45) is 0. The molecule has 1 aromatic carbocycles. The molecule has 0 aliphatic rings. The molecule has 0 aliphatic carbocycles. The fourth-order valence-corrected chi connectivity index (χ4v) is 3.19. The van der Waals surface area contributed by atoms with E-state index in [1.165, 1.54) is 11.8 Å². The topological polar surface area (TPSA) is 64.0 Å². The molecule has 2 aromatic rings. The van der Waals surface area contributed by atoms with Crippen LogP contribution in [0.2, 0.25) is 0 Å². The minimum atomic E-state index is -0.0813. The molecule has 1 aromatic heterocycles. The molecule has 1 N–H and O–H groups in total. The van der Waals surface area contributed by atoms with Gasteiger partial charge in [0.15, 0.2) is 5.16 Å². The van der Waals surface area contributed by atoms with Crippen molar-refractivity contribution in [3.63, 3.8) is 0 Å². The molecule has 0 radical (unpaired) electrons. The van der Waals surface area contributed by atoms with Gasteiger partial charge in [-0.15, -0.1) is 0 Å². The monoisotopic (exact) mass is 369 g/mol. The molecule has 5 nitrogen and oxygen atoms in total. The molecule has 1 heterocycles. The molecule has 0 bridgehead atoms. The lowest BCUT2D eigenvalue weighted by Crippen LogP contribution is -2.26. The third-order valence-electron chi connectivity index (χ3n) is 2.90. The number of amides is 1. The van der Waals surface area contributed by atoms with Gasteiger partial charge in [0.1, 0.15) is 0 Å². The highest BCUT2D eigenvalue weighted by atomic mass is 79.9. The van der Waals surface area contributed by atoms with Crippen LogP contribution in [0.4, 0.5) is 0 Å². The largest absolute Gasteiger partial charge is 0.356 e. The summed E-state index contributed by atoms with van der Waals surface area (Å²) in [5.41, 5.74) is 0.563. The summed E-state index contributed by atoms with van der Waals surface area (Å²) in [6.45, 7) is 4.88. The Morgan fingerprint density at radius 3 is 2.86 bits per heavy atom. The van der Waals surface area contributed by atoms with Crippen molar-refractivity contribution in [2.75, 3.05) is 12.3 Å². The Morgan fingerprint density at radius 2 is 2.19 bits per heavy atom. The number of nitrogens with zero attached hydrogens (tertiary/aromatic N) is 2. The molecule has 0 aliphatic heterocycles. The van der Waals surface area contributed by atoms with Crippen LogP contribution in [-0.4, -0.2) is 27.8 Å². The second-order valence-corrected chi connectivity index (χ2v) is 6.21. The van der Waals surface area contributed by atoms with Crippen molar-refractivity contribution in [2.45, 2.75) is 25.5 Å². The molecule has 2 rings (SSSR count). The van der Waals surface area contributed by atoms with Crippen LogP contribution in [0.1, 0.15) is 13.8 Å². The van der Waals surface area contributed by atoms with E-state index in [1.807, 2.05) is 19.9 Å². The molecule has 0 saturated carbocycles. The molecular weight excluding hydrogens is 354 g/mol. The van der Waals surface area contributed by atoms with Gasteiger partial charge in [-0.25, -0.2) is 4.98 Å². The fraction of sp³-hybridized carbons (Fsp3) is 0.357. The third-order valence-corrected chi connectivity index (χ3v) is 4.37. The van der Waals surface area contributed by atoms with Crippen LogP contribution in [-0.2, 0) is 11.3 Å². The zero-order valence-electron chi connectivity index (χ0n) is 11.9. The van der Waals surface area contributed by atoms with Crippen molar-refractivity contribution < 1.29 is 4.79 Å². The van der Waals surface area contributed by atoms with Crippen molar-refractivity contribution >= 4 is 44.5 Å². The van der Waals surface area contributed by atoms with Gasteiger partial charge in [0.05, 0.1) is 16.7 Å². The highest BCUT2D eigenvalue weighted by Crippen LogP contribution is 2.20. The van der Waals surface area contributed by atoms with Gasteiger partial charge in [0.2, 0.25) is 5.91 Å². The van der Waals surface area contributed by atoms with Crippen LogP contribution >= 0.6 is 27.7 Å². The number of thioether (sulfide) groups is 1. The molecule has 0 atom stereocenters. The lowest BCUT2D eigenvalue weighted by Gasteiger charge is -2.11. The maximum atomic E-state index is 12.5. The van der Waals surface area contributed by atoms with E-state index in [0.29, 0.717) is 29.1 Å². The number of carbonyl (C=O) groups is 1. The quantitative estimate of drug-likeness (QED) is 0.649. The van der Waals surface area contributed by atoms with Crippen LogP contribution < -0.4 is 10.9 Å². The molecule has 112 valence electrons. The molecule has 0 spiro atoms. The summed E-state index contributed by atoms with van der Waals surface area (Å²) in [5.74, 6) is 0.192. The van der Waals surface area contributed by atoms with E-state index in [2.05, 4.69) is 26.2 Å². The minimum Gasteiger partial charge on any atom is -0.356 e. The standard InChI is InChI=1S/C14H16BrN3O2S/c1-3-16-12(19)8-21-14-17-11-6-5-9(15)7-10(11)13(20)18(14)4-2/h5-7H,3-4,8H2,1-2H3,(H,16,19). The van der Waals surface area contributed by atoms with E-state index in [1.54, 1.807) is 16.7 Å². The fourth-order valence-electron chi connectivity index (χ4n) is 1.94. The van der Waals surface area contributed by atoms with E-state index in [-0.39, 0.29) is 17.2 Å². The first-order valence-electron chi connectivity index (χ1n) is 6.66. The van der Waals surface area contributed by atoms with Gasteiger partial charge in [0.25, 0.3) is 5.56 Å². The van der Waals surface area contributed by atoms with Crippen LogP contribution in [0.3, 0.4) is 0 Å². The molecular formula is C14H16BrN3O2S. The molecule has 0 saturated heterocycles. The molecule has 0 fully saturated rings. The minimum absolute atomic E-state index is 0.0599. The normalized spacial score (nSPS) is 10.8. The first-order valence-corrected chi connectivity index (χ1v) is 8.44. The Morgan fingerprint density at radius 1 is 1.43 bits per heavy atom. The summed E-state index contributed by atoms with van der Waals surface area (Å²) in [7, 11) is 0. The highest BCUT2D eigenvalue weighted by molar-refractivity contribution is 9.10. The first kappa shape index (κ1) is 16.0. The van der Waals surface area contributed by atoms with Crippen molar-refractivity contribution in [1.82, 2.24) is 14.9 Å². The number of nitrogens with one attached hydrogen (secondary N) is 1. The summed E-state index contributed by atoms with van der Waals surface area (Å²) in [6, 6.07) is 5.43. The van der Waals surface area contributed by atoms with Crippen LogP contribution in [0, 0.1) is 0 Å². The van der Waals surface area contributed by atoms with Crippen molar-refractivity contribution in [1.29, 1.82) is 0 Å². The summed E-state index contributed by atoms with van der Waals surface area (Å²) >= 11 is 4.65. The predicted octanol–water partition coefficient (Wildman–Crippen LogP) is 2.41. The number of halogens is 1. The zero-order valence-corrected chi connectivity index (χ0v) is 14.3. The van der Waals surface area contributed by atoms with Gasteiger partial charge < -0.3 is 5.32 Å². The van der Waals surface area contributed by atoms with Crippen molar-refractivity contribution in [3.05, 3.63) is 33.0 Å². The smallest absolute Gasteiger partial charge is 0.262 e. The van der Waals surface area contributed by atoms with Crippen LogP contribution in [0.15, 0.2) is 32.6 Å². The second-order valence-electron chi connectivity index (χ2n) is 4.35. The van der Waals surface area contributed by atoms with E-state index < -0.39 is 0 Å². The summed E-state index contributed by atoms with van der Waals surface area (Å²) in [5, 5.41) is 3.88.